The average Bonchev–Trinajstić information content (AvgIpc) is 2.95. The maximum atomic E-state index is 10.7. The van der Waals surface area contributed by atoms with Gasteiger partial charge in [0, 0.05) is 24.0 Å². The molecule has 0 radical (unpaired) electrons. The Bertz CT molecular complexity index is 476. The van der Waals surface area contributed by atoms with Gasteiger partial charge in [-0.05, 0) is 42.6 Å². The second-order valence-electron chi connectivity index (χ2n) is 6.82. The van der Waals surface area contributed by atoms with Crippen molar-refractivity contribution in [1.29, 1.82) is 0 Å². The van der Waals surface area contributed by atoms with Gasteiger partial charge >= 0.3 is 5.00 Å². The molecule has 4 nitrogen and oxygen atoms in total. The highest BCUT2D eigenvalue weighted by molar-refractivity contribution is 7.13. The predicted molar refractivity (Wildman–Crippen MR) is 87.6 cm³/mol. The molecular weight excluding hydrogens is 284 g/mol. The van der Waals surface area contributed by atoms with Gasteiger partial charge in [0.05, 0.1) is 4.92 Å². The molecule has 0 bridgehead atoms. The van der Waals surface area contributed by atoms with Gasteiger partial charge in [-0.15, -0.1) is 0 Å². The molecule has 1 aromatic rings. The number of nitrogens with zero attached hydrogens (tertiary/aromatic N) is 1. The average molecular weight is 310 g/mol. The third kappa shape index (κ3) is 4.27. The molecule has 1 N–H and O–H groups in total. The van der Waals surface area contributed by atoms with Crippen LogP contribution in [0, 0.1) is 21.4 Å². The van der Waals surface area contributed by atoms with Crippen LogP contribution in [-0.4, -0.2) is 11.0 Å². The summed E-state index contributed by atoms with van der Waals surface area (Å²) < 4.78 is 0. The molecule has 118 valence electrons. The first-order valence-corrected chi connectivity index (χ1v) is 8.75. The molecule has 1 heterocycles. The molecule has 1 fully saturated rings. The van der Waals surface area contributed by atoms with Crippen molar-refractivity contribution in [2.24, 2.45) is 11.3 Å². The molecule has 0 spiro atoms. The number of nitrogens with one attached hydrogen (secondary N) is 1. The van der Waals surface area contributed by atoms with Gasteiger partial charge in [0.1, 0.15) is 0 Å². The summed E-state index contributed by atoms with van der Waals surface area (Å²) in [6.45, 7) is 7.80. The fraction of sp³-hybridized carbons (Fsp3) is 0.750. The molecule has 21 heavy (non-hydrogen) atoms. The van der Waals surface area contributed by atoms with Crippen molar-refractivity contribution in [3.8, 4) is 0 Å². The van der Waals surface area contributed by atoms with Crippen LogP contribution in [0.25, 0.3) is 0 Å². The van der Waals surface area contributed by atoms with Crippen LogP contribution in [0.15, 0.2) is 11.4 Å². The quantitative estimate of drug-likeness (QED) is 0.610. The lowest BCUT2D eigenvalue weighted by Crippen LogP contribution is -2.36. The van der Waals surface area contributed by atoms with Crippen LogP contribution in [0.3, 0.4) is 0 Å². The van der Waals surface area contributed by atoms with Gasteiger partial charge in [-0.2, -0.15) is 0 Å². The largest absolute Gasteiger partial charge is 0.324 e. The Balaban J connectivity index is 1.77. The fourth-order valence-corrected chi connectivity index (χ4v) is 3.91. The highest BCUT2D eigenvalue weighted by Crippen LogP contribution is 2.40. The van der Waals surface area contributed by atoms with Crippen molar-refractivity contribution in [3.05, 3.63) is 27.1 Å². The maximum Gasteiger partial charge on any atom is 0.324 e. The van der Waals surface area contributed by atoms with E-state index in [1.54, 1.807) is 6.07 Å². The summed E-state index contributed by atoms with van der Waals surface area (Å²) in [4.78, 5) is 10.4. The smallest absolute Gasteiger partial charge is 0.310 e. The second-order valence-corrected chi connectivity index (χ2v) is 7.71. The maximum absolute atomic E-state index is 10.7. The number of nitro groups is 1. The van der Waals surface area contributed by atoms with E-state index in [4.69, 9.17) is 0 Å². The molecule has 1 aliphatic carbocycles. The van der Waals surface area contributed by atoms with Gasteiger partial charge in [0.15, 0.2) is 0 Å². The van der Waals surface area contributed by atoms with E-state index >= 15 is 0 Å². The minimum atomic E-state index is -0.313. The van der Waals surface area contributed by atoms with Crippen LogP contribution in [0.4, 0.5) is 5.00 Å². The summed E-state index contributed by atoms with van der Waals surface area (Å²) in [6, 6.07) is 2.25. The van der Waals surface area contributed by atoms with Gasteiger partial charge in [-0.3, -0.25) is 10.1 Å². The Labute approximate surface area is 131 Å². The van der Waals surface area contributed by atoms with E-state index in [0.29, 0.717) is 11.5 Å². The zero-order valence-electron chi connectivity index (χ0n) is 13.2. The first kappa shape index (κ1) is 16.4. The summed E-state index contributed by atoms with van der Waals surface area (Å²) >= 11 is 1.21. The summed E-state index contributed by atoms with van der Waals surface area (Å²) in [5.41, 5.74) is 1.49. The van der Waals surface area contributed by atoms with Crippen molar-refractivity contribution in [3.63, 3.8) is 0 Å². The minimum absolute atomic E-state index is 0.236. The third-order valence-corrected chi connectivity index (χ3v) is 6.09. The number of hydrogen-bond donors (Lipinski definition) is 1. The van der Waals surface area contributed by atoms with Gasteiger partial charge in [-0.25, -0.2) is 0 Å². The van der Waals surface area contributed by atoms with E-state index in [2.05, 4.69) is 26.1 Å². The Morgan fingerprint density at radius 3 is 2.57 bits per heavy atom. The predicted octanol–water partition coefficient (Wildman–Crippen LogP) is 4.74. The topological polar surface area (TPSA) is 55.2 Å². The zero-order valence-corrected chi connectivity index (χ0v) is 14.0. The van der Waals surface area contributed by atoms with E-state index in [-0.39, 0.29) is 9.92 Å². The van der Waals surface area contributed by atoms with Crippen LogP contribution < -0.4 is 5.32 Å². The Morgan fingerprint density at radius 2 is 2.05 bits per heavy atom. The molecular formula is C16H26N2O2S. The first-order valence-electron chi connectivity index (χ1n) is 7.87. The summed E-state index contributed by atoms with van der Waals surface area (Å²) in [7, 11) is 0. The van der Waals surface area contributed by atoms with Gasteiger partial charge in [-0.1, -0.05) is 38.5 Å². The van der Waals surface area contributed by atoms with Crippen LogP contribution in [0.5, 0.6) is 0 Å². The van der Waals surface area contributed by atoms with Crippen LogP contribution in [-0.2, 0) is 6.54 Å². The first-order chi connectivity index (χ1) is 9.92. The minimum Gasteiger partial charge on any atom is -0.310 e. The third-order valence-electron chi connectivity index (χ3n) is 5.16. The lowest BCUT2D eigenvalue weighted by Gasteiger charge is -2.39. The Hall–Kier alpha value is -0.940. The molecule has 2 rings (SSSR count). The SMILES string of the molecule is CCC(C)(C)C1CCC(NCc2csc([N+](=O)[O-])c2)CC1. The van der Waals surface area contributed by atoms with Crippen molar-refractivity contribution in [2.45, 2.75) is 65.5 Å². The van der Waals surface area contributed by atoms with Gasteiger partial charge in [0.25, 0.3) is 0 Å². The standard InChI is InChI=1S/C16H26N2O2S/c1-4-16(2,3)13-5-7-14(8-6-13)17-10-12-9-15(18(19)20)21-11-12/h9,11,13-14,17H,4-8,10H2,1-3H3. The summed E-state index contributed by atoms with van der Waals surface area (Å²) in [6.07, 6.45) is 6.28. The number of rotatable bonds is 6. The van der Waals surface area contributed by atoms with E-state index in [1.807, 2.05) is 5.38 Å². The number of hydrogen-bond acceptors (Lipinski definition) is 4. The second kappa shape index (κ2) is 6.88. The highest BCUT2D eigenvalue weighted by Gasteiger charge is 2.31. The van der Waals surface area contributed by atoms with Gasteiger partial charge < -0.3 is 5.32 Å². The van der Waals surface area contributed by atoms with E-state index in [0.717, 1.165) is 18.0 Å². The Kier molecular flexibility index (Phi) is 5.38. The normalized spacial score (nSPS) is 23.2. The lowest BCUT2D eigenvalue weighted by molar-refractivity contribution is -0.380. The molecule has 0 unspecified atom stereocenters. The molecule has 1 saturated carbocycles. The fourth-order valence-electron chi connectivity index (χ4n) is 3.18. The van der Waals surface area contributed by atoms with Crippen molar-refractivity contribution in [2.75, 3.05) is 0 Å². The van der Waals surface area contributed by atoms with Crippen molar-refractivity contribution >= 4 is 16.3 Å². The van der Waals surface area contributed by atoms with E-state index in [9.17, 15) is 10.1 Å². The summed E-state index contributed by atoms with van der Waals surface area (Å²) in [5.74, 6) is 0.836. The molecule has 0 aliphatic heterocycles. The van der Waals surface area contributed by atoms with Crippen molar-refractivity contribution in [1.82, 2.24) is 5.32 Å². The summed E-state index contributed by atoms with van der Waals surface area (Å²) in [5, 5.41) is 16.4. The lowest BCUT2D eigenvalue weighted by atomic mass is 9.69. The molecule has 5 heteroatoms. The molecule has 0 aromatic carbocycles. The van der Waals surface area contributed by atoms with Crippen LogP contribution >= 0.6 is 11.3 Å². The van der Waals surface area contributed by atoms with Gasteiger partial charge in [0.2, 0.25) is 0 Å². The highest BCUT2D eigenvalue weighted by atomic mass is 32.1. The van der Waals surface area contributed by atoms with Crippen LogP contribution in [0.1, 0.15) is 58.4 Å². The van der Waals surface area contributed by atoms with E-state index < -0.39 is 0 Å². The molecule has 1 aliphatic rings. The monoisotopic (exact) mass is 310 g/mol. The molecule has 0 amide bonds. The molecule has 0 saturated heterocycles. The molecule has 0 atom stereocenters. The van der Waals surface area contributed by atoms with Crippen molar-refractivity contribution < 1.29 is 4.92 Å². The number of thiophene rings is 1. The van der Waals surface area contributed by atoms with E-state index in [1.165, 1.54) is 43.4 Å². The molecule has 1 aromatic heterocycles. The van der Waals surface area contributed by atoms with Crippen LogP contribution in [0.2, 0.25) is 0 Å². The Morgan fingerprint density at radius 1 is 1.38 bits per heavy atom. The zero-order chi connectivity index (χ0) is 15.5.